The summed E-state index contributed by atoms with van der Waals surface area (Å²) in [6, 6.07) is 6.89. The van der Waals surface area contributed by atoms with Gasteiger partial charge < -0.3 is 20.1 Å². The summed E-state index contributed by atoms with van der Waals surface area (Å²) in [6.07, 6.45) is 2.70. The first kappa shape index (κ1) is 10.9. The Balaban J connectivity index is 1.41. The van der Waals surface area contributed by atoms with Crippen LogP contribution in [0.4, 0.5) is 0 Å². The van der Waals surface area contributed by atoms with E-state index in [2.05, 4.69) is 16.7 Å². The molecule has 1 aromatic carbocycles. The summed E-state index contributed by atoms with van der Waals surface area (Å²) in [5.41, 5.74) is 1.24. The lowest BCUT2D eigenvalue weighted by Crippen LogP contribution is -2.28. The highest BCUT2D eigenvalue weighted by atomic mass is 16.7. The Morgan fingerprint density at radius 1 is 1.12 bits per heavy atom. The Hall–Kier alpha value is -1.26. The molecule has 2 N–H and O–H groups in total. The average molecular weight is 234 g/mol. The first-order chi connectivity index (χ1) is 8.42. The van der Waals surface area contributed by atoms with Gasteiger partial charge in [-0.1, -0.05) is 6.07 Å². The molecular weight excluding hydrogens is 216 g/mol. The van der Waals surface area contributed by atoms with Gasteiger partial charge in [-0.25, -0.2) is 0 Å². The predicted molar refractivity (Wildman–Crippen MR) is 65.3 cm³/mol. The molecule has 0 saturated heterocycles. The minimum Gasteiger partial charge on any atom is -0.454 e. The van der Waals surface area contributed by atoms with Crippen LogP contribution in [0, 0.1) is 0 Å². The van der Waals surface area contributed by atoms with Gasteiger partial charge in [0.05, 0.1) is 0 Å². The molecule has 0 aromatic heterocycles. The van der Waals surface area contributed by atoms with Gasteiger partial charge in [0, 0.05) is 25.7 Å². The molecule has 1 heterocycles. The van der Waals surface area contributed by atoms with Crippen molar-refractivity contribution in [3.8, 4) is 11.5 Å². The number of hydrogen-bond acceptors (Lipinski definition) is 4. The quantitative estimate of drug-likeness (QED) is 0.727. The van der Waals surface area contributed by atoms with E-state index in [1.54, 1.807) is 0 Å². The Morgan fingerprint density at radius 3 is 2.88 bits per heavy atom. The number of rotatable bonds is 6. The standard InChI is InChI=1S/C13H18N2O2/c1-4-12-13(17-9-16-12)7-10(1)8-14-5-6-15-11-2-3-11/h1,4,7,11,14-15H,2-3,5-6,8-9H2. The molecule has 1 fully saturated rings. The summed E-state index contributed by atoms with van der Waals surface area (Å²) in [4.78, 5) is 0. The Kier molecular flexibility index (Phi) is 3.16. The SMILES string of the molecule is c1cc2c(cc1CNCCNC1CC1)OCO2. The molecule has 0 atom stereocenters. The molecule has 1 aliphatic carbocycles. The summed E-state index contributed by atoms with van der Waals surface area (Å²) in [7, 11) is 0. The highest BCUT2D eigenvalue weighted by molar-refractivity contribution is 5.44. The smallest absolute Gasteiger partial charge is 0.231 e. The summed E-state index contributed by atoms with van der Waals surface area (Å²) in [5.74, 6) is 1.71. The van der Waals surface area contributed by atoms with Crippen molar-refractivity contribution >= 4 is 0 Å². The molecule has 0 bridgehead atoms. The Morgan fingerprint density at radius 2 is 2.00 bits per heavy atom. The molecule has 0 radical (unpaired) electrons. The van der Waals surface area contributed by atoms with Crippen LogP contribution < -0.4 is 20.1 Å². The normalized spacial score (nSPS) is 17.4. The van der Waals surface area contributed by atoms with Crippen molar-refractivity contribution in [1.29, 1.82) is 0 Å². The van der Waals surface area contributed by atoms with E-state index in [0.717, 1.165) is 37.2 Å². The third-order valence-corrected chi connectivity index (χ3v) is 3.08. The van der Waals surface area contributed by atoms with E-state index in [1.165, 1.54) is 18.4 Å². The zero-order chi connectivity index (χ0) is 11.5. The van der Waals surface area contributed by atoms with E-state index in [9.17, 15) is 0 Å². The predicted octanol–water partition coefficient (Wildman–Crippen LogP) is 1.26. The fourth-order valence-electron chi connectivity index (χ4n) is 1.94. The molecule has 17 heavy (non-hydrogen) atoms. The zero-order valence-electron chi connectivity index (χ0n) is 9.87. The Labute approximate surface area is 101 Å². The van der Waals surface area contributed by atoms with Gasteiger partial charge in [0.15, 0.2) is 11.5 Å². The van der Waals surface area contributed by atoms with Crippen LogP contribution in [-0.2, 0) is 6.54 Å². The highest BCUT2D eigenvalue weighted by Crippen LogP contribution is 2.32. The van der Waals surface area contributed by atoms with Gasteiger partial charge in [0.25, 0.3) is 0 Å². The number of benzene rings is 1. The van der Waals surface area contributed by atoms with Gasteiger partial charge in [-0.3, -0.25) is 0 Å². The van der Waals surface area contributed by atoms with Crippen LogP contribution in [0.2, 0.25) is 0 Å². The summed E-state index contributed by atoms with van der Waals surface area (Å²) >= 11 is 0. The van der Waals surface area contributed by atoms with Crippen LogP contribution in [0.1, 0.15) is 18.4 Å². The summed E-state index contributed by atoms with van der Waals surface area (Å²) in [6.45, 7) is 3.28. The third-order valence-electron chi connectivity index (χ3n) is 3.08. The van der Waals surface area contributed by atoms with Gasteiger partial charge in [-0.05, 0) is 30.5 Å². The van der Waals surface area contributed by atoms with Crippen LogP contribution >= 0.6 is 0 Å². The van der Waals surface area contributed by atoms with Crippen LogP contribution in [0.15, 0.2) is 18.2 Å². The molecule has 1 saturated carbocycles. The van der Waals surface area contributed by atoms with E-state index >= 15 is 0 Å². The van der Waals surface area contributed by atoms with E-state index in [-0.39, 0.29) is 0 Å². The van der Waals surface area contributed by atoms with Gasteiger partial charge in [-0.2, -0.15) is 0 Å². The van der Waals surface area contributed by atoms with Gasteiger partial charge in [-0.15, -0.1) is 0 Å². The van der Waals surface area contributed by atoms with E-state index in [1.807, 2.05) is 12.1 Å². The molecule has 1 aliphatic heterocycles. The van der Waals surface area contributed by atoms with Crippen LogP contribution in [0.3, 0.4) is 0 Å². The third kappa shape index (κ3) is 2.90. The van der Waals surface area contributed by atoms with E-state index in [4.69, 9.17) is 9.47 Å². The topological polar surface area (TPSA) is 42.5 Å². The molecule has 4 heteroatoms. The Bertz CT molecular complexity index is 391. The molecule has 2 aliphatic rings. The number of ether oxygens (including phenoxy) is 2. The lowest BCUT2D eigenvalue weighted by atomic mass is 10.2. The molecule has 1 aromatic rings. The molecule has 3 rings (SSSR count). The van der Waals surface area contributed by atoms with Crippen molar-refractivity contribution in [2.75, 3.05) is 19.9 Å². The van der Waals surface area contributed by atoms with Crippen molar-refractivity contribution in [3.63, 3.8) is 0 Å². The lowest BCUT2D eigenvalue weighted by Gasteiger charge is -2.06. The molecule has 0 unspecified atom stereocenters. The van der Waals surface area contributed by atoms with Crippen molar-refractivity contribution < 1.29 is 9.47 Å². The number of fused-ring (bicyclic) bond motifs is 1. The average Bonchev–Trinajstić information content (AvgIpc) is 3.05. The van der Waals surface area contributed by atoms with E-state index in [0.29, 0.717) is 6.79 Å². The molecule has 92 valence electrons. The largest absolute Gasteiger partial charge is 0.454 e. The number of hydrogen-bond donors (Lipinski definition) is 2. The highest BCUT2D eigenvalue weighted by Gasteiger charge is 2.19. The maximum Gasteiger partial charge on any atom is 0.231 e. The van der Waals surface area contributed by atoms with Crippen LogP contribution in [0.25, 0.3) is 0 Å². The number of nitrogens with one attached hydrogen (secondary N) is 2. The fourth-order valence-corrected chi connectivity index (χ4v) is 1.94. The van der Waals surface area contributed by atoms with Crippen LogP contribution in [-0.4, -0.2) is 25.9 Å². The molecule has 0 amide bonds. The molecule has 4 nitrogen and oxygen atoms in total. The minimum absolute atomic E-state index is 0.345. The molecule has 0 spiro atoms. The lowest BCUT2D eigenvalue weighted by molar-refractivity contribution is 0.174. The maximum atomic E-state index is 5.34. The second kappa shape index (κ2) is 4.94. The van der Waals surface area contributed by atoms with E-state index < -0.39 is 0 Å². The second-order valence-corrected chi connectivity index (χ2v) is 4.59. The minimum atomic E-state index is 0.345. The van der Waals surface area contributed by atoms with Crippen molar-refractivity contribution in [1.82, 2.24) is 10.6 Å². The van der Waals surface area contributed by atoms with Crippen LogP contribution in [0.5, 0.6) is 11.5 Å². The van der Waals surface area contributed by atoms with Crippen molar-refractivity contribution in [2.24, 2.45) is 0 Å². The maximum absolute atomic E-state index is 5.34. The van der Waals surface area contributed by atoms with Crippen molar-refractivity contribution in [2.45, 2.75) is 25.4 Å². The second-order valence-electron chi connectivity index (χ2n) is 4.59. The van der Waals surface area contributed by atoms with Crippen molar-refractivity contribution in [3.05, 3.63) is 23.8 Å². The molecular formula is C13H18N2O2. The van der Waals surface area contributed by atoms with Gasteiger partial charge >= 0.3 is 0 Å². The fraction of sp³-hybridized carbons (Fsp3) is 0.538. The zero-order valence-corrected chi connectivity index (χ0v) is 9.87. The summed E-state index contributed by atoms with van der Waals surface area (Å²) in [5, 5.41) is 6.89. The van der Waals surface area contributed by atoms with Gasteiger partial charge in [0.1, 0.15) is 0 Å². The van der Waals surface area contributed by atoms with Gasteiger partial charge in [0.2, 0.25) is 6.79 Å². The monoisotopic (exact) mass is 234 g/mol. The first-order valence-corrected chi connectivity index (χ1v) is 6.24. The summed E-state index contributed by atoms with van der Waals surface area (Å²) < 4.78 is 10.6. The first-order valence-electron chi connectivity index (χ1n) is 6.24.